The number of hydrogen-bond donors (Lipinski definition) is 2. The van der Waals surface area contributed by atoms with E-state index >= 15 is 0 Å². The monoisotopic (exact) mass is 213 g/mol. The fourth-order valence-electron chi connectivity index (χ4n) is 1.55. The summed E-state index contributed by atoms with van der Waals surface area (Å²) in [6, 6.07) is 0.610. The molecule has 1 amide bonds. The Labute approximate surface area is 92.2 Å². The highest BCUT2D eigenvalue weighted by molar-refractivity contribution is 5.78. The van der Waals surface area contributed by atoms with Crippen molar-refractivity contribution in [1.29, 1.82) is 0 Å². The van der Waals surface area contributed by atoms with Crippen LogP contribution in [-0.2, 0) is 4.79 Å². The van der Waals surface area contributed by atoms with Gasteiger partial charge in [-0.1, -0.05) is 13.8 Å². The highest BCUT2D eigenvalue weighted by Gasteiger charge is 2.29. The molecule has 0 aromatic rings. The number of nitrogens with zero attached hydrogens (tertiary/aromatic N) is 1. The average molecular weight is 213 g/mol. The molecule has 15 heavy (non-hydrogen) atoms. The summed E-state index contributed by atoms with van der Waals surface area (Å²) in [5.74, 6) is 0.641. The van der Waals surface area contributed by atoms with Gasteiger partial charge in [0.1, 0.15) is 0 Å². The van der Waals surface area contributed by atoms with Gasteiger partial charge in [-0.25, -0.2) is 0 Å². The van der Waals surface area contributed by atoms with Gasteiger partial charge < -0.3 is 11.1 Å². The smallest absolute Gasteiger partial charge is 0.234 e. The van der Waals surface area contributed by atoms with Crippen molar-refractivity contribution in [3.63, 3.8) is 0 Å². The molecule has 1 saturated carbocycles. The largest absolute Gasteiger partial charge is 0.355 e. The van der Waals surface area contributed by atoms with Crippen LogP contribution in [-0.4, -0.2) is 43.0 Å². The van der Waals surface area contributed by atoms with Gasteiger partial charge in [0.05, 0.1) is 6.54 Å². The molecule has 1 aliphatic rings. The van der Waals surface area contributed by atoms with Crippen LogP contribution in [0.4, 0.5) is 0 Å². The van der Waals surface area contributed by atoms with Crippen LogP contribution < -0.4 is 11.1 Å². The van der Waals surface area contributed by atoms with Gasteiger partial charge in [-0.2, -0.15) is 0 Å². The maximum atomic E-state index is 11.6. The van der Waals surface area contributed by atoms with Crippen LogP contribution in [0.15, 0.2) is 0 Å². The van der Waals surface area contributed by atoms with Crippen molar-refractivity contribution < 1.29 is 4.79 Å². The molecule has 1 aliphatic carbocycles. The quantitative estimate of drug-likeness (QED) is 0.634. The standard InChI is InChI=1S/C11H23N3O/c1-9(2)7-13-11(15)8-14(6-5-12)10-3-4-10/h9-10H,3-8,12H2,1-2H3,(H,13,15). The topological polar surface area (TPSA) is 58.4 Å². The summed E-state index contributed by atoms with van der Waals surface area (Å²) in [7, 11) is 0. The van der Waals surface area contributed by atoms with E-state index in [1.54, 1.807) is 0 Å². The fraction of sp³-hybridized carbons (Fsp3) is 0.909. The summed E-state index contributed by atoms with van der Waals surface area (Å²) >= 11 is 0. The van der Waals surface area contributed by atoms with Gasteiger partial charge in [0.15, 0.2) is 0 Å². The Morgan fingerprint density at radius 2 is 2.20 bits per heavy atom. The van der Waals surface area contributed by atoms with Crippen LogP contribution in [0.25, 0.3) is 0 Å². The van der Waals surface area contributed by atoms with Crippen LogP contribution >= 0.6 is 0 Å². The number of carbonyl (C=O) groups is 1. The Hall–Kier alpha value is -0.610. The minimum absolute atomic E-state index is 0.129. The van der Waals surface area contributed by atoms with Crippen molar-refractivity contribution >= 4 is 5.91 Å². The molecule has 1 fully saturated rings. The normalized spacial score (nSPS) is 16.1. The minimum atomic E-state index is 0.129. The van der Waals surface area contributed by atoms with Crippen molar-refractivity contribution in [2.24, 2.45) is 11.7 Å². The Balaban J connectivity index is 2.21. The van der Waals surface area contributed by atoms with Gasteiger partial charge in [-0.3, -0.25) is 9.69 Å². The first kappa shape index (κ1) is 12.5. The lowest BCUT2D eigenvalue weighted by Crippen LogP contribution is -2.41. The molecule has 4 nitrogen and oxygen atoms in total. The first-order chi connectivity index (χ1) is 7.13. The molecule has 0 radical (unpaired) electrons. The van der Waals surface area contributed by atoms with Crippen LogP contribution in [0, 0.1) is 5.92 Å². The van der Waals surface area contributed by atoms with E-state index in [0.29, 0.717) is 25.0 Å². The molecule has 0 atom stereocenters. The molecule has 0 aromatic carbocycles. The minimum Gasteiger partial charge on any atom is -0.355 e. The molecule has 0 saturated heterocycles. The highest BCUT2D eigenvalue weighted by atomic mass is 16.2. The lowest BCUT2D eigenvalue weighted by molar-refractivity contribution is -0.122. The van der Waals surface area contributed by atoms with Crippen LogP contribution in [0.2, 0.25) is 0 Å². The maximum Gasteiger partial charge on any atom is 0.234 e. The predicted molar refractivity (Wildman–Crippen MR) is 61.5 cm³/mol. The Bertz CT molecular complexity index is 202. The number of rotatable bonds is 7. The second kappa shape index (κ2) is 6.08. The van der Waals surface area contributed by atoms with E-state index in [0.717, 1.165) is 13.1 Å². The number of amides is 1. The first-order valence-corrected chi connectivity index (χ1v) is 5.84. The summed E-state index contributed by atoms with van der Waals surface area (Å²) < 4.78 is 0. The van der Waals surface area contributed by atoms with E-state index in [1.165, 1.54) is 12.8 Å². The van der Waals surface area contributed by atoms with Crippen molar-refractivity contribution in [3.8, 4) is 0 Å². The molecule has 88 valence electrons. The molecule has 0 unspecified atom stereocenters. The molecule has 0 aliphatic heterocycles. The second-order valence-corrected chi connectivity index (χ2v) is 4.69. The van der Waals surface area contributed by atoms with Gasteiger partial charge in [0.25, 0.3) is 0 Å². The van der Waals surface area contributed by atoms with Gasteiger partial charge >= 0.3 is 0 Å². The summed E-state index contributed by atoms with van der Waals surface area (Å²) in [6.07, 6.45) is 2.44. The Morgan fingerprint density at radius 1 is 1.53 bits per heavy atom. The fourth-order valence-corrected chi connectivity index (χ4v) is 1.55. The molecule has 0 aromatic heterocycles. The number of hydrogen-bond acceptors (Lipinski definition) is 3. The third kappa shape index (κ3) is 5.14. The molecule has 0 spiro atoms. The molecule has 1 rings (SSSR count). The molecular weight excluding hydrogens is 190 g/mol. The van der Waals surface area contributed by atoms with Crippen LogP contribution in [0.3, 0.4) is 0 Å². The summed E-state index contributed by atoms with van der Waals surface area (Å²) in [6.45, 7) is 6.93. The van der Waals surface area contributed by atoms with E-state index in [1.807, 2.05) is 0 Å². The third-order valence-corrected chi connectivity index (χ3v) is 2.53. The van der Waals surface area contributed by atoms with Crippen molar-refractivity contribution in [1.82, 2.24) is 10.2 Å². The lowest BCUT2D eigenvalue weighted by atomic mass is 10.2. The van der Waals surface area contributed by atoms with Gasteiger partial charge in [-0.05, 0) is 18.8 Å². The van der Waals surface area contributed by atoms with Crippen LogP contribution in [0.1, 0.15) is 26.7 Å². The number of carbonyl (C=O) groups excluding carboxylic acids is 1. The maximum absolute atomic E-state index is 11.6. The number of nitrogens with two attached hydrogens (primary N) is 1. The van der Waals surface area contributed by atoms with E-state index in [-0.39, 0.29) is 5.91 Å². The van der Waals surface area contributed by atoms with E-state index < -0.39 is 0 Å². The van der Waals surface area contributed by atoms with Gasteiger partial charge in [0.2, 0.25) is 5.91 Å². The lowest BCUT2D eigenvalue weighted by Gasteiger charge is -2.20. The Morgan fingerprint density at radius 3 is 2.67 bits per heavy atom. The van der Waals surface area contributed by atoms with Crippen molar-refractivity contribution in [3.05, 3.63) is 0 Å². The number of nitrogens with one attached hydrogen (secondary N) is 1. The predicted octanol–water partition coefficient (Wildman–Crippen LogP) is 0.182. The average Bonchev–Trinajstić information content (AvgIpc) is 2.97. The second-order valence-electron chi connectivity index (χ2n) is 4.69. The van der Waals surface area contributed by atoms with Gasteiger partial charge in [0, 0.05) is 25.7 Å². The SMILES string of the molecule is CC(C)CNC(=O)CN(CCN)C1CC1. The van der Waals surface area contributed by atoms with E-state index in [9.17, 15) is 4.79 Å². The molecule has 0 heterocycles. The van der Waals surface area contributed by atoms with Crippen molar-refractivity contribution in [2.45, 2.75) is 32.7 Å². The van der Waals surface area contributed by atoms with Crippen molar-refractivity contribution in [2.75, 3.05) is 26.2 Å². The van der Waals surface area contributed by atoms with E-state index in [4.69, 9.17) is 5.73 Å². The third-order valence-electron chi connectivity index (χ3n) is 2.53. The molecule has 3 N–H and O–H groups in total. The van der Waals surface area contributed by atoms with Gasteiger partial charge in [-0.15, -0.1) is 0 Å². The summed E-state index contributed by atoms with van der Waals surface area (Å²) in [5, 5.41) is 2.93. The van der Waals surface area contributed by atoms with Crippen LogP contribution in [0.5, 0.6) is 0 Å². The zero-order valence-corrected chi connectivity index (χ0v) is 9.83. The Kier molecular flexibility index (Phi) is 5.05. The highest BCUT2D eigenvalue weighted by Crippen LogP contribution is 2.25. The molecule has 4 heteroatoms. The molecular formula is C11H23N3O. The first-order valence-electron chi connectivity index (χ1n) is 5.84. The molecule has 0 bridgehead atoms. The summed E-state index contributed by atoms with van der Waals surface area (Å²) in [4.78, 5) is 13.8. The zero-order chi connectivity index (χ0) is 11.3. The van der Waals surface area contributed by atoms with E-state index in [2.05, 4.69) is 24.1 Å². The summed E-state index contributed by atoms with van der Waals surface area (Å²) in [5.41, 5.74) is 5.52. The zero-order valence-electron chi connectivity index (χ0n) is 9.83.